The Morgan fingerprint density at radius 2 is 0.802 bits per heavy atom. The van der Waals surface area contributed by atoms with Crippen molar-refractivity contribution < 1.29 is 252 Å². The van der Waals surface area contributed by atoms with Crippen molar-refractivity contribution in [1.82, 2.24) is 4.90 Å². The molecule has 6 N–H and O–H groups in total. The Labute approximate surface area is 694 Å². The highest BCUT2D eigenvalue weighted by atomic mass is 79.9. The molecular weight excluding hydrogens is 2010 g/mol. The highest BCUT2D eigenvalue weighted by Gasteiger charge is 2.74. The maximum Gasteiger partial charge on any atom is 0.508 e. The van der Waals surface area contributed by atoms with E-state index in [4.69, 9.17) is 36.8 Å². The molecule has 2 heterocycles. The van der Waals surface area contributed by atoms with Crippen molar-refractivity contribution in [2.24, 2.45) is 27.6 Å². The summed E-state index contributed by atoms with van der Waals surface area (Å²) in [6, 6.07) is 0. The summed E-state index contributed by atoms with van der Waals surface area (Å²) in [5.41, 5.74) is -5.04. The molecule has 121 heavy (non-hydrogen) atoms. The molecule has 3 saturated carbocycles. The van der Waals surface area contributed by atoms with Crippen LogP contribution in [0.5, 0.6) is 0 Å². The highest BCUT2D eigenvalue weighted by molar-refractivity contribution is 9.09. The second-order valence-electron chi connectivity index (χ2n) is 25.8. The number of rotatable bonds is 33. The molecule has 5 aliphatic rings. The molecule has 70 heteroatoms. The van der Waals surface area contributed by atoms with E-state index < -0.39 is 258 Å². The minimum Gasteiger partial charge on any atom is -0.458 e. The minimum absolute atomic E-state index is 0.0319. The summed E-state index contributed by atoms with van der Waals surface area (Å²) in [5, 5.41) is -32.7. The van der Waals surface area contributed by atoms with Crippen molar-refractivity contribution in [2.45, 2.75) is 130 Å². The molecule has 2 aliphatic heterocycles. The Hall–Kier alpha value is -4.63. The van der Waals surface area contributed by atoms with E-state index in [2.05, 4.69) is 56.9 Å². The summed E-state index contributed by atoms with van der Waals surface area (Å²) in [5.74, 6) is -2.86. The molecule has 2 saturated heterocycles. The van der Waals surface area contributed by atoms with E-state index in [0.29, 0.717) is 43.0 Å². The predicted molar refractivity (Wildman–Crippen MR) is 379 cm³/mol. The van der Waals surface area contributed by atoms with Gasteiger partial charge in [-0.15, -0.1) is 0 Å². The van der Waals surface area contributed by atoms with Crippen molar-refractivity contribution >= 4 is 164 Å². The van der Waals surface area contributed by atoms with E-state index in [-0.39, 0.29) is 69.4 Å². The topological polar surface area (TPSA) is 670 Å². The molecule has 4 unspecified atom stereocenters. The van der Waals surface area contributed by atoms with Gasteiger partial charge in [0, 0.05) is 42.3 Å². The van der Waals surface area contributed by atoms with E-state index >= 15 is 0 Å². The molecule has 1 amide bonds. The number of esters is 1. The van der Waals surface area contributed by atoms with Crippen molar-refractivity contribution in [1.29, 1.82) is 0 Å². The van der Waals surface area contributed by atoms with Gasteiger partial charge in [0.15, 0.2) is 26.4 Å². The first-order valence-corrected chi connectivity index (χ1v) is 49.4. The fourth-order valence-corrected chi connectivity index (χ4v) is 16.9. The average Bonchev–Trinajstić information content (AvgIpc) is 1.53. The molecule has 0 radical (unpaired) electrons. The molecule has 5 fully saturated rings. The second kappa shape index (κ2) is 43.4. The lowest BCUT2D eigenvalue weighted by Crippen LogP contribution is -2.45. The van der Waals surface area contributed by atoms with Gasteiger partial charge in [-0.1, -0.05) is 50.5 Å². The molecule has 0 aromatic heterocycles. The van der Waals surface area contributed by atoms with Crippen LogP contribution in [0.4, 0.5) is 80.6 Å². The van der Waals surface area contributed by atoms with Gasteiger partial charge in [-0.2, -0.15) is 137 Å². The number of morpholine rings is 1. The van der Waals surface area contributed by atoms with E-state index in [9.17, 15) is 174 Å². The number of alkyl halides is 15. The Kier molecular flexibility index (Phi) is 42.5. The van der Waals surface area contributed by atoms with E-state index in [1.54, 1.807) is 41.5 Å². The van der Waals surface area contributed by atoms with Crippen LogP contribution < -0.4 is 0 Å². The first-order chi connectivity index (χ1) is 53.5. The zero-order valence-corrected chi connectivity index (χ0v) is 73.8. The number of nitrogens with zero attached hydrogens (tertiary/aromatic N) is 1. The minimum atomic E-state index is -5.82. The first kappa shape index (κ1) is 118. The fourth-order valence-electron chi connectivity index (χ4n) is 9.60. The predicted octanol–water partition coefficient (Wildman–Crippen LogP) is 5.08. The largest absolute Gasteiger partial charge is 0.508 e. The number of amides is 1. The zero-order chi connectivity index (χ0) is 96.4. The summed E-state index contributed by atoms with van der Waals surface area (Å²) in [7, 11) is -52.1. The number of hydrogen-bond acceptors (Lipinski definition) is 38. The number of ether oxygens (including phenoxy) is 8. The van der Waals surface area contributed by atoms with Crippen LogP contribution in [0.15, 0.2) is 0 Å². The van der Waals surface area contributed by atoms with Crippen LogP contribution in [-0.2, 0) is 161 Å². The lowest BCUT2D eigenvalue weighted by molar-refractivity contribution is -0.158. The number of halogens is 15. The molecule has 44 nitrogen and oxygen atoms in total. The second-order valence-corrected chi connectivity index (χ2v) is 44.2. The fraction of sp³-hybridized carbons (Fsp3) is 0.882. The van der Waals surface area contributed by atoms with Crippen LogP contribution in [0, 0.1) is 27.6 Å². The van der Waals surface area contributed by atoms with Crippen molar-refractivity contribution in [3.8, 4) is 0 Å². The Morgan fingerprint density at radius 3 is 1.08 bits per heavy atom. The maximum atomic E-state index is 13.1. The molecule has 718 valence electrons. The summed E-state index contributed by atoms with van der Waals surface area (Å²) in [4.78, 5) is 68.1. The number of ketones is 1. The van der Waals surface area contributed by atoms with Gasteiger partial charge in [0.05, 0.1) is 54.5 Å². The maximum absolute atomic E-state index is 13.1. The van der Waals surface area contributed by atoms with Gasteiger partial charge in [-0.3, -0.25) is 49.5 Å². The van der Waals surface area contributed by atoms with Crippen LogP contribution in [0.25, 0.3) is 0 Å². The summed E-state index contributed by atoms with van der Waals surface area (Å²) in [6.07, 6.45) is -1.76. The lowest BCUT2D eigenvalue weighted by atomic mass is 9.67. The number of Topliss-reactive ketones (excluding diaryl/α,β-unsaturated/α-hetero) is 1. The third kappa shape index (κ3) is 34.5. The Bertz CT molecular complexity index is 4670. The quantitative estimate of drug-likeness (QED) is 0.0124. The van der Waals surface area contributed by atoms with Crippen molar-refractivity contribution in [3.05, 3.63) is 0 Å². The van der Waals surface area contributed by atoms with Crippen LogP contribution in [0.2, 0.25) is 0 Å². The normalized spacial score (nSPS) is 20.9. The number of fused-ring (bicyclic) bond motifs is 4. The standard InChI is InChI=1S/C12H18F2O8S2.C12H18F2O7S2.C7H11F2NO6S.C6H10F2O4S2.2C5H8F2O6S.C4H7BrF2O6S2/c1-9(2)10(3)4-5-11(9,8(15)22-10)7-23(16,17)21-6-12(13,14)24(18,19)20;1-10(2)8-3-4-11(10,9(15)5-8)7-22(16,17)21-6-12(13,14)23(18,19)20;8-7(9,17(12,13)14)5-16-6(11)10-1-3-15-4-2-10;1-3-13-5(9)12-4-6(7,8)14(2,10)11;2*1-2-12-4(8)13-3-5(6,7)14(9,10)11;5-1-2-14(8,9)13-3-4(6,7)15(10,11)12/h4-7H2,1-3H3,(H,18,19,20);8H,3-7H2,1-2H3,(H,18,19,20);1-5H2,(H,12,13,14);3-4H2,1-2H3;2*2-3H2,1H3,(H,9,10,11);1-3H2,(H,10,11,12). The first-order valence-electron chi connectivity index (χ1n) is 32.0. The van der Waals surface area contributed by atoms with E-state index in [1.807, 2.05) is 0 Å². The third-order valence-electron chi connectivity index (χ3n) is 17.1. The lowest BCUT2D eigenvalue weighted by Gasteiger charge is -2.35. The number of hydrogen-bond donors (Lipinski definition) is 6. The van der Waals surface area contributed by atoms with Gasteiger partial charge in [-0.25, -0.2) is 27.6 Å². The Morgan fingerprint density at radius 1 is 0.471 bits per heavy atom. The molecule has 0 spiro atoms. The van der Waals surface area contributed by atoms with Crippen LogP contribution in [0.3, 0.4) is 0 Å². The number of sulfone groups is 1. The summed E-state index contributed by atoms with van der Waals surface area (Å²) in [6.45, 7) is 0.822. The van der Waals surface area contributed by atoms with E-state index in [0.717, 1.165) is 4.90 Å². The third-order valence-corrected chi connectivity index (χ3v) is 28.9. The van der Waals surface area contributed by atoms with Crippen molar-refractivity contribution in [3.63, 3.8) is 0 Å². The summed E-state index contributed by atoms with van der Waals surface area (Å²) >= 11 is 3.42. The number of carbonyl (C=O) groups is 6. The van der Waals surface area contributed by atoms with Crippen LogP contribution >= 0.6 is 27.7 Å². The van der Waals surface area contributed by atoms with E-state index in [1.165, 1.54) is 13.8 Å². The molecule has 3 aliphatic carbocycles. The van der Waals surface area contributed by atoms with Gasteiger partial charge in [0.25, 0.3) is 30.4 Å². The van der Waals surface area contributed by atoms with Crippen molar-refractivity contribution in [2.75, 3.05) is 120 Å². The SMILES string of the molecule is CC1(C)C2CCC1(CS(=O)(=O)OCC(F)(F)S(=O)(=O)O)C(=O)C2.CC12CCC(CS(=O)(=O)OCC(F)(F)S(=O)(=O)O)(C(=O)O1)C2(C)C.CCOC(=O)OCC(F)(F)S(=O)(=O)O.CCOC(=O)OCC(F)(F)S(=O)(=O)O.CCSC(=O)OCC(F)(F)S(C)(=O)=O.O=C(OCC(F)(F)S(=O)(=O)O)N1CCOCC1.O=S(=O)(CCBr)OCC(F)(F)S(=O)(=O)O. The zero-order valence-electron chi connectivity index (χ0n) is 63.2. The van der Waals surface area contributed by atoms with Crippen LogP contribution in [0.1, 0.15) is 87.5 Å². The van der Waals surface area contributed by atoms with Gasteiger partial charge < -0.3 is 42.8 Å². The van der Waals surface area contributed by atoms with Gasteiger partial charge >= 0.3 is 127 Å². The van der Waals surface area contributed by atoms with Gasteiger partial charge in [-0.05, 0) is 69.5 Å². The summed E-state index contributed by atoms with van der Waals surface area (Å²) < 4.78 is 485. The van der Waals surface area contributed by atoms with Gasteiger partial charge in [0.2, 0.25) is 9.84 Å². The molecular formula is C51H80BrF14NO43S11. The monoisotopic (exact) mass is 2090 g/mol. The smallest absolute Gasteiger partial charge is 0.458 e. The number of thioether (sulfide) groups is 1. The molecule has 0 aromatic carbocycles. The molecule has 0 aromatic rings. The molecule has 5 rings (SSSR count). The highest BCUT2D eigenvalue weighted by Crippen LogP contribution is 2.66. The Balaban J connectivity index is 0. The number of carbonyl (C=O) groups excluding carboxylic acids is 6. The molecule has 4 atom stereocenters. The molecule has 4 bridgehead atoms. The van der Waals surface area contributed by atoms with Crippen LogP contribution in [-0.4, -0.2) is 315 Å². The van der Waals surface area contributed by atoms with Gasteiger partial charge in [0.1, 0.15) is 31.2 Å². The average molecular weight is 2090 g/mol.